The normalized spacial score (nSPS) is 14.7. The highest BCUT2D eigenvalue weighted by atomic mass is 35.5. The third-order valence-electron chi connectivity index (χ3n) is 2.15. The molecule has 0 heterocycles. The number of carbonyl (C=O) groups is 1. The van der Waals surface area contributed by atoms with Crippen molar-refractivity contribution in [2.75, 3.05) is 0 Å². The molecule has 1 rings (SSSR count). The first kappa shape index (κ1) is 12.3. The lowest BCUT2D eigenvalue weighted by molar-refractivity contribution is -0.145. The number of benzene rings is 1. The van der Waals surface area contributed by atoms with Gasteiger partial charge in [0.05, 0.1) is 22.1 Å². The highest BCUT2D eigenvalue weighted by molar-refractivity contribution is 6.42. The number of aliphatic carboxylic acids is 1. The summed E-state index contributed by atoms with van der Waals surface area (Å²) in [6.07, 6.45) is -1.09. The summed E-state index contributed by atoms with van der Waals surface area (Å²) < 4.78 is 0. The average molecular weight is 249 g/mol. The van der Waals surface area contributed by atoms with Crippen LogP contribution in [0, 0.1) is 5.92 Å². The molecule has 0 saturated carbocycles. The second-order valence-corrected chi connectivity index (χ2v) is 4.06. The van der Waals surface area contributed by atoms with E-state index in [9.17, 15) is 9.90 Å². The van der Waals surface area contributed by atoms with Gasteiger partial charge in [-0.3, -0.25) is 4.79 Å². The average Bonchev–Trinajstić information content (AvgIpc) is 2.19. The lowest BCUT2D eigenvalue weighted by atomic mass is 9.98. The molecular formula is C10H10Cl2O3. The van der Waals surface area contributed by atoms with Crippen LogP contribution in [0.2, 0.25) is 10.0 Å². The highest BCUT2D eigenvalue weighted by Gasteiger charge is 2.23. The molecule has 0 saturated heterocycles. The minimum Gasteiger partial charge on any atom is -0.481 e. The van der Waals surface area contributed by atoms with Gasteiger partial charge in [-0.1, -0.05) is 29.3 Å². The minimum absolute atomic E-state index is 0.297. The Kier molecular flexibility index (Phi) is 3.97. The third-order valence-corrected chi connectivity index (χ3v) is 2.89. The number of hydrogen-bond donors (Lipinski definition) is 2. The molecule has 0 radical (unpaired) electrons. The summed E-state index contributed by atoms with van der Waals surface area (Å²) in [5, 5.41) is 19.1. The van der Waals surface area contributed by atoms with E-state index in [2.05, 4.69) is 0 Å². The van der Waals surface area contributed by atoms with Crippen molar-refractivity contribution < 1.29 is 15.0 Å². The van der Waals surface area contributed by atoms with Gasteiger partial charge in [-0.15, -0.1) is 0 Å². The first-order valence-electron chi connectivity index (χ1n) is 4.29. The second kappa shape index (κ2) is 4.84. The van der Waals surface area contributed by atoms with Gasteiger partial charge >= 0.3 is 5.97 Å². The molecule has 3 nitrogen and oxygen atoms in total. The largest absolute Gasteiger partial charge is 0.481 e. The number of aliphatic hydroxyl groups excluding tert-OH is 1. The molecule has 0 amide bonds. The van der Waals surface area contributed by atoms with Crippen molar-refractivity contribution in [3.63, 3.8) is 0 Å². The van der Waals surface area contributed by atoms with Gasteiger partial charge in [0.15, 0.2) is 0 Å². The van der Waals surface area contributed by atoms with Crippen molar-refractivity contribution in [1.29, 1.82) is 0 Å². The summed E-state index contributed by atoms with van der Waals surface area (Å²) in [4.78, 5) is 10.6. The van der Waals surface area contributed by atoms with E-state index >= 15 is 0 Å². The van der Waals surface area contributed by atoms with E-state index in [1.807, 2.05) is 0 Å². The Morgan fingerprint density at radius 3 is 2.40 bits per heavy atom. The Balaban J connectivity index is 2.96. The van der Waals surface area contributed by atoms with E-state index in [0.717, 1.165) is 0 Å². The standard InChI is InChI=1S/C10H10Cl2O3/c1-5(10(14)15)9(13)6-2-3-7(11)8(12)4-6/h2-5,9,13H,1H3,(H,14,15). The molecule has 2 atom stereocenters. The molecule has 0 fully saturated rings. The second-order valence-electron chi connectivity index (χ2n) is 3.25. The summed E-state index contributed by atoms with van der Waals surface area (Å²) in [6, 6.07) is 4.54. The predicted octanol–water partition coefficient (Wildman–Crippen LogP) is 2.75. The van der Waals surface area contributed by atoms with Crippen molar-refractivity contribution in [3.05, 3.63) is 33.8 Å². The maximum absolute atomic E-state index is 10.6. The molecule has 1 aromatic carbocycles. The van der Waals surface area contributed by atoms with Gasteiger partial charge in [0.2, 0.25) is 0 Å². The van der Waals surface area contributed by atoms with Gasteiger partial charge in [0.1, 0.15) is 0 Å². The first-order chi connectivity index (χ1) is 6.93. The van der Waals surface area contributed by atoms with E-state index in [4.69, 9.17) is 28.3 Å². The maximum atomic E-state index is 10.6. The fourth-order valence-electron chi connectivity index (χ4n) is 1.12. The number of aliphatic hydroxyl groups is 1. The van der Waals surface area contributed by atoms with Crippen LogP contribution in [0.3, 0.4) is 0 Å². The van der Waals surface area contributed by atoms with Crippen LogP contribution in [-0.4, -0.2) is 16.2 Å². The van der Waals surface area contributed by atoms with Crippen molar-refractivity contribution in [3.8, 4) is 0 Å². The summed E-state index contributed by atoms with van der Waals surface area (Å²) in [5.74, 6) is -1.95. The van der Waals surface area contributed by atoms with E-state index < -0.39 is 18.0 Å². The molecule has 0 spiro atoms. The van der Waals surface area contributed by atoms with Crippen LogP contribution in [0.5, 0.6) is 0 Å². The Morgan fingerprint density at radius 2 is 1.93 bits per heavy atom. The minimum atomic E-state index is -1.09. The molecular weight excluding hydrogens is 239 g/mol. The van der Waals surface area contributed by atoms with Crippen molar-refractivity contribution in [1.82, 2.24) is 0 Å². The Hall–Kier alpha value is -0.770. The molecule has 0 aliphatic rings. The molecule has 0 bridgehead atoms. The van der Waals surface area contributed by atoms with Crippen LogP contribution >= 0.6 is 23.2 Å². The Bertz CT molecular complexity index is 379. The van der Waals surface area contributed by atoms with Crippen LogP contribution in [0.4, 0.5) is 0 Å². The molecule has 15 heavy (non-hydrogen) atoms. The van der Waals surface area contributed by atoms with Gasteiger partial charge in [-0.2, -0.15) is 0 Å². The van der Waals surface area contributed by atoms with Gasteiger partial charge in [0, 0.05) is 0 Å². The topological polar surface area (TPSA) is 57.5 Å². The maximum Gasteiger partial charge on any atom is 0.309 e. The SMILES string of the molecule is CC(C(=O)O)C(O)c1ccc(Cl)c(Cl)c1. The molecule has 2 unspecified atom stereocenters. The lowest BCUT2D eigenvalue weighted by Crippen LogP contribution is -2.18. The zero-order chi connectivity index (χ0) is 11.6. The number of carboxylic acid groups (broad SMARTS) is 1. The number of halogens is 2. The fraction of sp³-hybridized carbons (Fsp3) is 0.300. The van der Waals surface area contributed by atoms with Crippen LogP contribution in [0.1, 0.15) is 18.6 Å². The third kappa shape index (κ3) is 2.84. The summed E-state index contributed by atoms with van der Waals surface area (Å²) >= 11 is 11.4. The zero-order valence-corrected chi connectivity index (χ0v) is 9.46. The number of carboxylic acids is 1. The molecule has 0 aliphatic carbocycles. The van der Waals surface area contributed by atoms with E-state index in [0.29, 0.717) is 15.6 Å². The van der Waals surface area contributed by atoms with Crippen molar-refractivity contribution >= 4 is 29.2 Å². The van der Waals surface area contributed by atoms with Gasteiger partial charge in [-0.25, -0.2) is 0 Å². The van der Waals surface area contributed by atoms with Crippen molar-refractivity contribution in [2.24, 2.45) is 5.92 Å². The van der Waals surface area contributed by atoms with Crippen LogP contribution in [0.15, 0.2) is 18.2 Å². The highest BCUT2D eigenvalue weighted by Crippen LogP contribution is 2.28. The Labute approximate surface area is 97.2 Å². The van der Waals surface area contributed by atoms with E-state index in [1.165, 1.54) is 19.1 Å². The van der Waals surface area contributed by atoms with E-state index in [1.54, 1.807) is 6.07 Å². The molecule has 0 aliphatic heterocycles. The lowest BCUT2D eigenvalue weighted by Gasteiger charge is -2.15. The molecule has 2 N–H and O–H groups in total. The fourth-order valence-corrected chi connectivity index (χ4v) is 1.43. The Morgan fingerprint density at radius 1 is 1.33 bits per heavy atom. The quantitative estimate of drug-likeness (QED) is 0.865. The van der Waals surface area contributed by atoms with Crippen LogP contribution in [0.25, 0.3) is 0 Å². The summed E-state index contributed by atoms with van der Waals surface area (Å²) in [6.45, 7) is 1.43. The first-order valence-corrected chi connectivity index (χ1v) is 5.05. The van der Waals surface area contributed by atoms with Crippen molar-refractivity contribution in [2.45, 2.75) is 13.0 Å². The molecule has 82 valence electrons. The zero-order valence-electron chi connectivity index (χ0n) is 7.95. The van der Waals surface area contributed by atoms with Gasteiger partial charge in [-0.05, 0) is 24.6 Å². The van der Waals surface area contributed by atoms with Crippen LogP contribution in [-0.2, 0) is 4.79 Å². The monoisotopic (exact) mass is 248 g/mol. The summed E-state index contributed by atoms with van der Waals surface area (Å²) in [7, 11) is 0. The predicted molar refractivity (Wildman–Crippen MR) is 58.2 cm³/mol. The van der Waals surface area contributed by atoms with Gasteiger partial charge < -0.3 is 10.2 Å². The smallest absolute Gasteiger partial charge is 0.309 e. The summed E-state index contributed by atoms with van der Waals surface area (Å²) in [5.41, 5.74) is 0.444. The van der Waals surface area contributed by atoms with Gasteiger partial charge in [0.25, 0.3) is 0 Å². The molecule has 5 heteroatoms. The molecule has 0 aromatic heterocycles. The molecule has 1 aromatic rings. The van der Waals surface area contributed by atoms with Crippen LogP contribution < -0.4 is 0 Å². The van der Waals surface area contributed by atoms with E-state index in [-0.39, 0.29) is 0 Å². The number of rotatable bonds is 3. The number of hydrogen-bond acceptors (Lipinski definition) is 2.